The van der Waals surface area contributed by atoms with Crippen molar-refractivity contribution in [1.82, 2.24) is 4.67 Å². The molecule has 0 aliphatic rings. The molecule has 0 amide bonds. The van der Waals surface area contributed by atoms with E-state index in [0.29, 0.717) is 5.56 Å². The zero-order valence-electron chi connectivity index (χ0n) is 14.2. The van der Waals surface area contributed by atoms with Crippen molar-refractivity contribution in [3.05, 3.63) is 69.8 Å². The Balaban J connectivity index is 1.95. The lowest BCUT2D eigenvalue weighted by Gasteiger charge is -2.24. The van der Waals surface area contributed by atoms with Crippen LogP contribution in [0.1, 0.15) is 24.1 Å². The molecule has 7 heteroatoms. The summed E-state index contributed by atoms with van der Waals surface area (Å²) in [5.41, 5.74) is 1.50. The molecular weight excluding hydrogens is 339 g/mol. The van der Waals surface area contributed by atoms with Crippen LogP contribution >= 0.6 is 9.39 Å². The van der Waals surface area contributed by atoms with Crippen LogP contribution in [0.5, 0.6) is 5.75 Å². The van der Waals surface area contributed by atoms with Gasteiger partial charge in [0, 0.05) is 11.6 Å². The predicted molar refractivity (Wildman–Crippen MR) is 99.6 cm³/mol. The molecule has 2 aromatic rings. The summed E-state index contributed by atoms with van der Waals surface area (Å²) in [5, 5.41) is 11.1. The van der Waals surface area contributed by atoms with E-state index < -0.39 is 4.92 Å². The predicted octanol–water partition coefficient (Wildman–Crippen LogP) is 3.70. The average molecular weight is 360 g/mol. The van der Waals surface area contributed by atoms with E-state index in [9.17, 15) is 14.9 Å². The van der Waals surface area contributed by atoms with Gasteiger partial charge in [0.2, 0.25) is 0 Å². The lowest BCUT2D eigenvalue weighted by atomic mass is 10.1. The minimum atomic E-state index is -0.491. The molecule has 0 aliphatic heterocycles. The van der Waals surface area contributed by atoms with Crippen molar-refractivity contribution in [1.29, 1.82) is 0 Å². The highest BCUT2D eigenvalue weighted by atomic mass is 31.0. The summed E-state index contributed by atoms with van der Waals surface area (Å²) in [6.07, 6.45) is 0. The van der Waals surface area contributed by atoms with Crippen LogP contribution in [-0.4, -0.2) is 28.5 Å². The Hall–Kier alpha value is -2.30. The van der Waals surface area contributed by atoms with Gasteiger partial charge in [-0.3, -0.25) is 19.6 Å². The standard InChI is InChI=1S/C18H21N2O4P/c1-13-7-6-10-17(18(13)20(22)23)24-12-16(21)11-19(25)14(2)15-8-4-3-5-9-15/h3-10,14H,11-12,25H2,1-2H3. The maximum absolute atomic E-state index is 12.2. The molecule has 0 heterocycles. The van der Waals surface area contributed by atoms with Gasteiger partial charge in [-0.05, 0) is 25.5 Å². The van der Waals surface area contributed by atoms with Gasteiger partial charge in [-0.2, -0.15) is 0 Å². The van der Waals surface area contributed by atoms with E-state index in [2.05, 4.69) is 9.39 Å². The number of nitro groups is 1. The Labute approximate surface area is 149 Å². The maximum Gasteiger partial charge on any atom is 0.313 e. The van der Waals surface area contributed by atoms with Crippen molar-refractivity contribution >= 4 is 20.9 Å². The van der Waals surface area contributed by atoms with Gasteiger partial charge in [0.05, 0.1) is 11.5 Å². The van der Waals surface area contributed by atoms with Crippen molar-refractivity contribution < 1.29 is 14.5 Å². The Bertz CT molecular complexity index is 752. The second kappa shape index (κ2) is 8.70. The van der Waals surface area contributed by atoms with Gasteiger partial charge in [-0.15, -0.1) is 0 Å². The minimum absolute atomic E-state index is 0.0449. The van der Waals surface area contributed by atoms with E-state index in [-0.39, 0.29) is 36.4 Å². The fourth-order valence-electron chi connectivity index (χ4n) is 2.45. The van der Waals surface area contributed by atoms with Crippen LogP contribution in [0.2, 0.25) is 0 Å². The van der Waals surface area contributed by atoms with Crippen LogP contribution in [0.15, 0.2) is 48.5 Å². The quantitative estimate of drug-likeness (QED) is 0.408. The first-order valence-electron chi connectivity index (χ1n) is 7.85. The highest BCUT2D eigenvalue weighted by Crippen LogP contribution is 2.30. The molecule has 0 radical (unpaired) electrons. The molecule has 2 aromatic carbocycles. The summed E-state index contributed by atoms with van der Waals surface area (Å²) in [5.74, 6) is -0.0432. The Kier molecular flexibility index (Phi) is 6.62. The molecular formula is C18H21N2O4P. The second-order valence-corrected chi connectivity index (χ2v) is 6.43. The zero-order valence-corrected chi connectivity index (χ0v) is 15.4. The van der Waals surface area contributed by atoms with Crippen molar-refractivity contribution in [3.8, 4) is 5.75 Å². The molecule has 0 saturated heterocycles. The normalized spacial score (nSPS) is 12.0. The molecule has 0 aromatic heterocycles. The fraction of sp³-hybridized carbons (Fsp3) is 0.278. The van der Waals surface area contributed by atoms with E-state index in [4.69, 9.17) is 4.74 Å². The smallest absolute Gasteiger partial charge is 0.313 e. The molecule has 0 saturated carbocycles. The molecule has 0 N–H and O–H groups in total. The summed E-state index contributed by atoms with van der Waals surface area (Å²) in [6.45, 7) is 3.59. The van der Waals surface area contributed by atoms with Gasteiger partial charge in [-0.25, -0.2) is 0 Å². The topological polar surface area (TPSA) is 72.7 Å². The summed E-state index contributed by atoms with van der Waals surface area (Å²) >= 11 is 0. The third-order valence-electron chi connectivity index (χ3n) is 3.91. The molecule has 6 nitrogen and oxygen atoms in total. The van der Waals surface area contributed by atoms with Crippen LogP contribution in [0.25, 0.3) is 0 Å². The number of para-hydroxylation sites is 1. The van der Waals surface area contributed by atoms with E-state index in [1.807, 2.05) is 41.9 Å². The molecule has 2 rings (SSSR count). The van der Waals surface area contributed by atoms with E-state index in [0.717, 1.165) is 5.56 Å². The zero-order chi connectivity index (χ0) is 18.4. The number of ketones is 1. The molecule has 25 heavy (non-hydrogen) atoms. The molecule has 2 unspecified atom stereocenters. The lowest BCUT2D eigenvalue weighted by molar-refractivity contribution is -0.386. The third-order valence-corrected chi connectivity index (χ3v) is 4.54. The molecule has 132 valence electrons. The molecule has 0 spiro atoms. The lowest BCUT2D eigenvalue weighted by Crippen LogP contribution is -2.27. The van der Waals surface area contributed by atoms with Crippen molar-refractivity contribution in [2.24, 2.45) is 0 Å². The Morgan fingerprint density at radius 2 is 1.92 bits per heavy atom. The molecule has 0 fully saturated rings. The number of carbonyl (C=O) groups excluding carboxylic acids is 1. The largest absolute Gasteiger partial charge is 0.479 e. The third kappa shape index (κ3) is 5.08. The van der Waals surface area contributed by atoms with Gasteiger partial charge in [-0.1, -0.05) is 51.9 Å². The number of rotatable bonds is 8. The maximum atomic E-state index is 12.2. The Morgan fingerprint density at radius 1 is 1.24 bits per heavy atom. The number of nitro benzene ring substituents is 1. The van der Waals surface area contributed by atoms with Gasteiger partial charge < -0.3 is 4.74 Å². The first kappa shape index (κ1) is 19.0. The first-order valence-corrected chi connectivity index (χ1v) is 8.36. The van der Waals surface area contributed by atoms with Crippen LogP contribution in [-0.2, 0) is 4.79 Å². The van der Waals surface area contributed by atoms with Gasteiger partial charge in [0.25, 0.3) is 0 Å². The number of aryl methyl sites for hydroxylation is 1. The molecule has 0 bridgehead atoms. The summed E-state index contributed by atoms with van der Waals surface area (Å²) < 4.78 is 7.24. The van der Waals surface area contributed by atoms with Crippen molar-refractivity contribution in [2.45, 2.75) is 19.9 Å². The summed E-state index contributed by atoms with van der Waals surface area (Å²) in [4.78, 5) is 22.8. The summed E-state index contributed by atoms with van der Waals surface area (Å²) in [6, 6.07) is 14.7. The number of nitrogens with zero attached hydrogens (tertiary/aromatic N) is 2. The second-order valence-electron chi connectivity index (χ2n) is 5.77. The van der Waals surface area contributed by atoms with Gasteiger partial charge in [0.15, 0.2) is 11.5 Å². The fourth-order valence-corrected chi connectivity index (χ4v) is 2.83. The number of ether oxygens (including phenoxy) is 1. The number of benzene rings is 2. The molecule has 2 atom stereocenters. The highest BCUT2D eigenvalue weighted by molar-refractivity contribution is 7.13. The molecule has 0 aliphatic carbocycles. The van der Waals surface area contributed by atoms with Crippen molar-refractivity contribution in [3.63, 3.8) is 0 Å². The first-order chi connectivity index (χ1) is 11.9. The number of Topliss-reactive ketones (excluding diaryl/α,β-unsaturated/α-hetero) is 1. The van der Waals surface area contributed by atoms with E-state index in [1.165, 1.54) is 6.07 Å². The van der Waals surface area contributed by atoms with Crippen LogP contribution in [0, 0.1) is 17.0 Å². The average Bonchev–Trinajstić information content (AvgIpc) is 2.59. The monoisotopic (exact) mass is 360 g/mol. The Morgan fingerprint density at radius 3 is 2.56 bits per heavy atom. The number of carbonyl (C=O) groups is 1. The number of hydrogen-bond acceptors (Lipinski definition) is 5. The van der Waals surface area contributed by atoms with Crippen LogP contribution in [0.3, 0.4) is 0 Å². The van der Waals surface area contributed by atoms with E-state index >= 15 is 0 Å². The van der Waals surface area contributed by atoms with Crippen LogP contribution in [0.4, 0.5) is 5.69 Å². The van der Waals surface area contributed by atoms with Crippen molar-refractivity contribution in [2.75, 3.05) is 13.2 Å². The minimum Gasteiger partial charge on any atom is -0.479 e. The SMILES string of the molecule is Cc1cccc(OCC(=O)CN(P)C(C)c2ccccc2)c1[N+](=O)[O-]. The summed E-state index contributed by atoms with van der Waals surface area (Å²) in [7, 11) is 2.55. The van der Waals surface area contributed by atoms with Crippen LogP contribution < -0.4 is 4.74 Å². The highest BCUT2D eigenvalue weighted by Gasteiger charge is 2.20. The van der Waals surface area contributed by atoms with Gasteiger partial charge in [0.1, 0.15) is 6.61 Å². The van der Waals surface area contributed by atoms with E-state index in [1.54, 1.807) is 19.1 Å². The number of hydrogen-bond donors (Lipinski definition) is 0. The van der Waals surface area contributed by atoms with Gasteiger partial charge >= 0.3 is 5.69 Å².